The first-order chi connectivity index (χ1) is 8.78. The summed E-state index contributed by atoms with van der Waals surface area (Å²) in [7, 11) is 0. The van der Waals surface area contributed by atoms with E-state index >= 15 is 0 Å². The van der Waals surface area contributed by atoms with Crippen molar-refractivity contribution in [3.05, 3.63) is 12.7 Å². The van der Waals surface area contributed by atoms with E-state index in [1.165, 1.54) is 0 Å². The van der Waals surface area contributed by atoms with Crippen molar-refractivity contribution >= 4 is 5.97 Å². The molecular weight excluding hydrogens is 244 g/mol. The fraction of sp³-hybridized carbons (Fsp3) is 0.800. The molecule has 0 aromatic rings. The molecule has 0 spiro atoms. The number of aliphatic hydroxyl groups is 1. The van der Waals surface area contributed by atoms with Crippen molar-refractivity contribution in [2.24, 2.45) is 10.8 Å². The minimum absolute atomic E-state index is 0.0660. The fourth-order valence-electron chi connectivity index (χ4n) is 1.53. The van der Waals surface area contributed by atoms with Crippen LogP contribution in [0.5, 0.6) is 0 Å². The summed E-state index contributed by atoms with van der Waals surface area (Å²) in [4.78, 5) is 11.7. The molecule has 0 saturated carbocycles. The largest absolute Gasteiger partial charge is 0.465 e. The summed E-state index contributed by atoms with van der Waals surface area (Å²) in [5.74, 6) is -0.234. The zero-order chi connectivity index (χ0) is 14.9. The molecule has 0 heterocycles. The van der Waals surface area contributed by atoms with Gasteiger partial charge in [0.1, 0.15) is 6.61 Å². The maximum Gasteiger partial charge on any atom is 0.306 e. The Morgan fingerprint density at radius 3 is 2.37 bits per heavy atom. The highest BCUT2D eigenvalue weighted by molar-refractivity contribution is 5.70. The minimum Gasteiger partial charge on any atom is -0.465 e. The molecule has 4 heteroatoms. The number of carbonyl (C=O) groups is 1. The Morgan fingerprint density at radius 1 is 1.32 bits per heavy atom. The smallest absolute Gasteiger partial charge is 0.306 e. The van der Waals surface area contributed by atoms with Crippen molar-refractivity contribution in [3.8, 4) is 0 Å². The molecule has 112 valence electrons. The minimum atomic E-state index is -0.517. The average molecular weight is 272 g/mol. The van der Waals surface area contributed by atoms with Gasteiger partial charge in [0.15, 0.2) is 0 Å². The second-order valence-corrected chi connectivity index (χ2v) is 6.21. The van der Waals surface area contributed by atoms with Crippen molar-refractivity contribution in [1.29, 1.82) is 0 Å². The Hall–Kier alpha value is -0.870. The van der Waals surface area contributed by atoms with Gasteiger partial charge in [-0.05, 0) is 11.8 Å². The molecule has 0 aromatic carbocycles. The van der Waals surface area contributed by atoms with Gasteiger partial charge < -0.3 is 14.6 Å². The van der Waals surface area contributed by atoms with E-state index in [0.717, 1.165) is 0 Å². The molecule has 0 aliphatic carbocycles. The van der Waals surface area contributed by atoms with Crippen LogP contribution in [-0.2, 0) is 14.3 Å². The van der Waals surface area contributed by atoms with Crippen molar-refractivity contribution in [2.45, 2.75) is 40.5 Å². The second-order valence-electron chi connectivity index (χ2n) is 6.21. The summed E-state index contributed by atoms with van der Waals surface area (Å²) in [5.41, 5.74) is -0.610. The van der Waals surface area contributed by atoms with Gasteiger partial charge in [0.25, 0.3) is 0 Å². The van der Waals surface area contributed by atoms with Crippen LogP contribution in [-0.4, -0.2) is 37.5 Å². The van der Waals surface area contributed by atoms with Crippen molar-refractivity contribution in [2.75, 3.05) is 26.4 Å². The number of ether oxygens (including phenoxy) is 2. The monoisotopic (exact) mass is 272 g/mol. The molecule has 0 radical (unpaired) electrons. The molecule has 0 bridgehead atoms. The predicted octanol–water partition coefficient (Wildman–Crippen LogP) is 2.56. The molecule has 1 N–H and O–H groups in total. The molecule has 19 heavy (non-hydrogen) atoms. The first kappa shape index (κ1) is 18.1. The van der Waals surface area contributed by atoms with E-state index in [1.807, 2.05) is 27.7 Å². The van der Waals surface area contributed by atoms with Crippen LogP contribution in [0.2, 0.25) is 0 Å². The fourth-order valence-corrected chi connectivity index (χ4v) is 1.53. The molecule has 1 atom stereocenters. The van der Waals surface area contributed by atoms with E-state index in [-0.39, 0.29) is 24.6 Å². The van der Waals surface area contributed by atoms with Gasteiger partial charge in [-0.3, -0.25) is 4.79 Å². The molecular formula is C15H28O4. The summed E-state index contributed by atoms with van der Waals surface area (Å²) in [6.07, 6.45) is 2.71. The highest BCUT2D eigenvalue weighted by Crippen LogP contribution is 2.24. The van der Waals surface area contributed by atoms with E-state index in [1.54, 1.807) is 6.08 Å². The van der Waals surface area contributed by atoms with Crippen LogP contribution in [0.3, 0.4) is 0 Å². The van der Waals surface area contributed by atoms with Crippen molar-refractivity contribution in [3.63, 3.8) is 0 Å². The lowest BCUT2D eigenvalue weighted by molar-refractivity contribution is -0.152. The number of hydrogen-bond donors (Lipinski definition) is 1. The molecule has 0 aliphatic heterocycles. The molecule has 0 aromatic heterocycles. The van der Waals surface area contributed by atoms with E-state index < -0.39 is 5.41 Å². The Bertz CT molecular complexity index is 274. The number of esters is 1. The number of hydrogen-bond acceptors (Lipinski definition) is 4. The summed E-state index contributed by atoms with van der Waals surface area (Å²) in [5, 5.41) is 9.52. The quantitative estimate of drug-likeness (QED) is 0.398. The molecule has 0 saturated heterocycles. The second kappa shape index (κ2) is 8.33. The van der Waals surface area contributed by atoms with Crippen LogP contribution in [0.4, 0.5) is 0 Å². The average Bonchev–Trinajstić information content (AvgIpc) is 2.32. The van der Waals surface area contributed by atoms with Gasteiger partial charge in [-0.25, -0.2) is 0 Å². The molecule has 4 nitrogen and oxygen atoms in total. The predicted molar refractivity (Wildman–Crippen MR) is 75.9 cm³/mol. The van der Waals surface area contributed by atoms with Gasteiger partial charge in [-0.1, -0.05) is 33.8 Å². The van der Waals surface area contributed by atoms with E-state index in [0.29, 0.717) is 26.1 Å². The van der Waals surface area contributed by atoms with Crippen LogP contribution < -0.4 is 0 Å². The third kappa shape index (κ3) is 8.01. The van der Waals surface area contributed by atoms with Gasteiger partial charge in [0.05, 0.1) is 31.7 Å². The third-order valence-corrected chi connectivity index (χ3v) is 2.94. The highest BCUT2D eigenvalue weighted by atomic mass is 16.5. The van der Waals surface area contributed by atoms with Gasteiger partial charge in [0, 0.05) is 0 Å². The normalized spacial score (nSPS) is 14.8. The Kier molecular flexibility index (Phi) is 7.95. The van der Waals surface area contributed by atoms with Crippen LogP contribution in [0.25, 0.3) is 0 Å². The summed E-state index contributed by atoms with van der Waals surface area (Å²) >= 11 is 0. The van der Waals surface area contributed by atoms with E-state index in [4.69, 9.17) is 9.47 Å². The van der Waals surface area contributed by atoms with Gasteiger partial charge in [-0.2, -0.15) is 0 Å². The van der Waals surface area contributed by atoms with E-state index in [9.17, 15) is 9.90 Å². The standard InChI is InChI=1S/C15H28O4/c1-6-8-18-11-15(7-2,10-16)12-19-13(17)9-14(3,4)5/h6,16H,1,7-12H2,2-5H3. The highest BCUT2D eigenvalue weighted by Gasteiger charge is 2.30. The van der Waals surface area contributed by atoms with Crippen LogP contribution >= 0.6 is 0 Å². The van der Waals surface area contributed by atoms with Gasteiger partial charge in [0.2, 0.25) is 0 Å². The third-order valence-electron chi connectivity index (χ3n) is 2.94. The van der Waals surface area contributed by atoms with Crippen molar-refractivity contribution in [1.82, 2.24) is 0 Å². The topological polar surface area (TPSA) is 55.8 Å². The molecule has 0 amide bonds. The molecule has 0 rings (SSSR count). The first-order valence-electron chi connectivity index (χ1n) is 6.74. The Balaban J connectivity index is 4.33. The van der Waals surface area contributed by atoms with Crippen LogP contribution in [0.15, 0.2) is 12.7 Å². The number of aliphatic hydroxyl groups excluding tert-OH is 1. The lowest BCUT2D eigenvalue weighted by Gasteiger charge is -2.30. The lowest BCUT2D eigenvalue weighted by atomic mass is 9.88. The van der Waals surface area contributed by atoms with Crippen molar-refractivity contribution < 1.29 is 19.4 Å². The Morgan fingerprint density at radius 2 is 1.95 bits per heavy atom. The lowest BCUT2D eigenvalue weighted by Crippen LogP contribution is -2.37. The Labute approximate surface area is 116 Å². The maximum absolute atomic E-state index is 11.7. The molecule has 0 fully saturated rings. The zero-order valence-electron chi connectivity index (χ0n) is 12.7. The number of carbonyl (C=O) groups excluding carboxylic acids is 1. The first-order valence-corrected chi connectivity index (χ1v) is 6.74. The molecule has 1 unspecified atom stereocenters. The van der Waals surface area contributed by atoms with Gasteiger partial charge in [-0.15, -0.1) is 6.58 Å². The SMILES string of the molecule is C=CCOCC(CC)(CO)COC(=O)CC(C)(C)C. The zero-order valence-corrected chi connectivity index (χ0v) is 12.7. The van der Waals surface area contributed by atoms with Gasteiger partial charge >= 0.3 is 5.97 Å². The summed E-state index contributed by atoms with van der Waals surface area (Å²) in [6.45, 7) is 12.4. The summed E-state index contributed by atoms with van der Waals surface area (Å²) < 4.78 is 10.7. The summed E-state index contributed by atoms with van der Waals surface area (Å²) in [6, 6.07) is 0. The maximum atomic E-state index is 11.7. The molecule has 0 aliphatic rings. The van der Waals surface area contributed by atoms with Crippen LogP contribution in [0.1, 0.15) is 40.5 Å². The number of rotatable bonds is 9. The van der Waals surface area contributed by atoms with Crippen LogP contribution in [0, 0.1) is 10.8 Å². The van der Waals surface area contributed by atoms with E-state index in [2.05, 4.69) is 6.58 Å².